The molecule has 0 spiro atoms. The molecular weight excluding hydrogens is 278 g/mol. The summed E-state index contributed by atoms with van der Waals surface area (Å²) in [6, 6.07) is 10.5. The molecule has 1 aromatic carbocycles. The Kier molecular flexibility index (Phi) is 4.95. The van der Waals surface area contributed by atoms with Gasteiger partial charge >= 0.3 is 0 Å². The van der Waals surface area contributed by atoms with E-state index in [2.05, 4.69) is 17.3 Å². The van der Waals surface area contributed by atoms with Crippen LogP contribution in [0.4, 0.5) is 5.69 Å². The number of hydrogen-bond donors (Lipinski definition) is 1. The molecule has 2 fully saturated rings. The van der Waals surface area contributed by atoms with Gasteiger partial charge in [-0.05, 0) is 32.0 Å². The van der Waals surface area contributed by atoms with Crippen molar-refractivity contribution in [3.63, 3.8) is 0 Å². The molecule has 5 nitrogen and oxygen atoms in total. The number of ether oxygens (including phenoxy) is 1. The Labute approximate surface area is 132 Å². The van der Waals surface area contributed by atoms with Crippen LogP contribution in [0.15, 0.2) is 30.3 Å². The third-order valence-electron chi connectivity index (χ3n) is 4.49. The van der Waals surface area contributed by atoms with Gasteiger partial charge in [-0.3, -0.25) is 4.79 Å². The molecular formula is C17H25N3O2. The predicted octanol–water partition coefficient (Wildman–Crippen LogP) is 1.42. The van der Waals surface area contributed by atoms with Crippen molar-refractivity contribution in [3.8, 4) is 0 Å². The molecule has 2 aliphatic heterocycles. The minimum Gasteiger partial charge on any atom is -0.379 e. The summed E-state index contributed by atoms with van der Waals surface area (Å²) >= 11 is 0. The number of rotatable bonds is 5. The van der Waals surface area contributed by atoms with Crippen LogP contribution in [0.3, 0.4) is 0 Å². The third kappa shape index (κ3) is 3.99. The topological polar surface area (TPSA) is 44.8 Å². The van der Waals surface area contributed by atoms with Gasteiger partial charge < -0.3 is 19.9 Å². The summed E-state index contributed by atoms with van der Waals surface area (Å²) in [7, 11) is 2.13. The fourth-order valence-electron chi connectivity index (χ4n) is 2.98. The maximum atomic E-state index is 12.1. The minimum absolute atomic E-state index is 0.116. The molecule has 1 amide bonds. The van der Waals surface area contributed by atoms with Crippen LogP contribution in [0, 0.1) is 0 Å². The van der Waals surface area contributed by atoms with Crippen LogP contribution in [-0.2, 0) is 9.53 Å². The zero-order valence-corrected chi connectivity index (χ0v) is 13.2. The summed E-state index contributed by atoms with van der Waals surface area (Å²) in [4.78, 5) is 16.3. The van der Waals surface area contributed by atoms with E-state index in [1.807, 2.05) is 35.2 Å². The first-order chi connectivity index (χ1) is 10.7. The summed E-state index contributed by atoms with van der Waals surface area (Å²) in [5.74, 6) is 0.116. The van der Waals surface area contributed by atoms with Crippen molar-refractivity contribution in [1.82, 2.24) is 9.80 Å². The van der Waals surface area contributed by atoms with E-state index in [4.69, 9.17) is 4.74 Å². The molecule has 22 heavy (non-hydrogen) atoms. The maximum absolute atomic E-state index is 12.1. The van der Waals surface area contributed by atoms with Crippen LogP contribution in [0.5, 0.6) is 0 Å². The highest BCUT2D eigenvalue weighted by Crippen LogP contribution is 2.16. The predicted molar refractivity (Wildman–Crippen MR) is 86.9 cm³/mol. The minimum atomic E-state index is 0.116. The maximum Gasteiger partial charge on any atom is 0.248 e. The van der Waals surface area contributed by atoms with Crippen molar-refractivity contribution >= 4 is 11.6 Å². The first kappa shape index (κ1) is 15.3. The molecule has 3 rings (SSSR count). The van der Waals surface area contributed by atoms with Gasteiger partial charge in [0.05, 0.1) is 12.1 Å². The summed E-state index contributed by atoms with van der Waals surface area (Å²) < 4.78 is 5.77. The van der Waals surface area contributed by atoms with E-state index in [0.717, 1.165) is 44.7 Å². The molecule has 2 saturated heterocycles. The van der Waals surface area contributed by atoms with Gasteiger partial charge in [-0.15, -0.1) is 0 Å². The second kappa shape index (κ2) is 7.11. The molecule has 1 N–H and O–H groups in total. The highest BCUT2D eigenvalue weighted by atomic mass is 16.5. The zero-order valence-electron chi connectivity index (χ0n) is 13.2. The number of amides is 1. The molecule has 2 aliphatic rings. The van der Waals surface area contributed by atoms with Crippen molar-refractivity contribution in [1.29, 1.82) is 0 Å². The van der Waals surface area contributed by atoms with E-state index in [1.165, 1.54) is 0 Å². The van der Waals surface area contributed by atoms with Gasteiger partial charge in [0.2, 0.25) is 5.91 Å². The van der Waals surface area contributed by atoms with E-state index in [1.54, 1.807) is 0 Å². The molecule has 1 aromatic rings. The van der Waals surface area contributed by atoms with Crippen molar-refractivity contribution in [3.05, 3.63) is 30.3 Å². The Morgan fingerprint density at radius 3 is 2.59 bits per heavy atom. The smallest absolute Gasteiger partial charge is 0.248 e. The van der Waals surface area contributed by atoms with E-state index in [9.17, 15) is 4.79 Å². The summed E-state index contributed by atoms with van der Waals surface area (Å²) in [6.45, 7) is 3.89. The zero-order chi connectivity index (χ0) is 15.4. The van der Waals surface area contributed by atoms with Gasteiger partial charge in [-0.25, -0.2) is 0 Å². The number of nitrogens with zero attached hydrogens (tertiary/aromatic N) is 2. The molecule has 0 unspecified atom stereocenters. The van der Waals surface area contributed by atoms with Gasteiger partial charge in [0.1, 0.15) is 6.61 Å². The Balaban J connectivity index is 1.33. The number of carbonyl (C=O) groups excluding carboxylic acids is 1. The second-order valence-corrected chi connectivity index (χ2v) is 6.32. The molecule has 120 valence electrons. The number of carbonyl (C=O) groups is 1. The summed E-state index contributed by atoms with van der Waals surface area (Å²) in [5, 5.41) is 3.43. The van der Waals surface area contributed by atoms with Gasteiger partial charge in [-0.2, -0.15) is 0 Å². The number of hydrogen-bond acceptors (Lipinski definition) is 4. The number of para-hydroxylation sites is 1. The quantitative estimate of drug-likeness (QED) is 0.893. The first-order valence-corrected chi connectivity index (χ1v) is 8.10. The Bertz CT molecular complexity index is 480. The Hall–Kier alpha value is -1.59. The average molecular weight is 303 g/mol. The van der Waals surface area contributed by atoms with Crippen molar-refractivity contribution in [2.24, 2.45) is 0 Å². The number of likely N-dealkylation sites (tertiary alicyclic amines) is 2. The molecule has 0 aromatic heterocycles. The summed E-state index contributed by atoms with van der Waals surface area (Å²) in [5.41, 5.74) is 1.11. The fraction of sp³-hybridized carbons (Fsp3) is 0.588. The highest BCUT2D eigenvalue weighted by molar-refractivity contribution is 5.78. The van der Waals surface area contributed by atoms with Gasteiger partial charge in [0.25, 0.3) is 0 Å². The lowest BCUT2D eigenvalue weighted by Crippen LogP contribution is -2.58. The van der Waals surface area contributed by atoms with Crippen molar-refractivity contribution in [2.75, 3.05) is 45.2 Å². The highest BCUT2D eigenvalue weighted by Gasteiger charge is 2.31. The second-order valence-electron chi connectivity index (χ2n) is 6.32. The van der Waals surface area contributed by atoms with Gasteiger partial charge in [0.15, 0.2) is 0 Å². The van der Waals surface area contributed by atoms with E-state index >= 15 is 0 Å². The van der Waals surface area contributed by atoms with E-state index < -0.39 is 0 Å². The van der Waals surface area contributed by atoms with E-state index in [0.29, 0.717) is 6.04 Å². The van der Waals surface area contributed by atoms with Crippen LogP contribution >= 0.6 is 0 Å². The normalized spacial score (nSPS) is 20.7. The van der Waals surface area contributed by atoms with Crippen LogP contribution in [0.1, 0.15) is 12.8 Å². The van der Waals surface area contributed by atoms with Gasteiger partial charge in [-0.1, -0.05) is 18.2 Å². The Morgan fingerprint density at radius 2 is 1.91 bits per heavy atom. The molecule has 0 aliphatic carbocycles. The molecule has 0 radical (unpaired) electrons. The molecule has 0 atom stereocenters. The number of nitrogens with one attached hydrogen (secondary N) is 1. The number of piperidine rings is 1. The first-order valence-electron chi connectivity index (χ1n) is 8.10. The lowest BCUT2D eigenvalue weighted by molar-refractivity contribution is -0.143. The van der Waals surface area contributed by atoms with Crippen LogP contribution < -0.4 is 5.32 Å². The van der Waals surface area contributed by atoms with Crippen LogP contribution in [0.2, 0.25) is 0 Å². The van der Waals surface area contributed by atoms with E-state index in [-0.39, 0.29) is 18.6 Å². The lowest BCUT2D eigenvalue weighted by atomic mass is 10.1. The number of anilines is 1. The molecule has 0 saturated carbocycles. The van der Waals surface area contributed by atoms with Crippen LogP contribution in [-0.4, -0.2) is 67.7 Å². The van der Waals surface area contributed by atoms with Crippen molar-refractivity contribution in [2.45, 2.75) is 25.0 Å². The largest absolute Gasteiger partial charge is 0.379 e. The van der Waals surface area contributed by atoms with Crippen molar-refractivity contribution < 1.29 is 9.53 Å². The average Bonchev–Trinajstić information content (AvgIpc) is 2.50. The SMILES string of the molecule is CN1CCC(OCC(=O)N2CC(Nc3ccccc3)C2)CC1. The van der Waals surface area contributed by atoms with Gasteiger partial charge in [0, 0.05) is 31.9 Å². The monoisotopic (exact) mass is 303 g/mol. The molecule has 2 heterocycles. The standard InChI is InChI=1S/C17H25N3O2/c1-19-9-7-16(8-10-19)22-13-17(21)20-11-15(12-20)18-14-5-3-2-4-6-14/h2-6,15-16,18H,7-13H2,1H3. The molecule has 0 bridgehead atoms. The number of benzene rings is 1. The van der Waals surface area contributed by atoms with Crippen LogP contribution in [0.25, 0.3) is 0 Å². The Morgan fingerprint density at radius 1 is 1.23 bits per heavy atom. The summed E-state index contributed by atoms with van der Waals surface area (Å²) in [6.07, 6.45) is 2.31. The molecule has 5 heteroatoms. The third-order valence-corrected chi connectivity index (χ3v) is 4.49. The lowest BCUT2D eigenvalue weighted by Gasteiger charge is -2.40. The fourth-order valence-corrected chi connectivity index (χ4v) is 2.98.